The van der Waals surface area contributed by atoms with E-state index in [0.717, 1.165) is 0 Å². The van der Waals surface area contributed by atoms with Crippen LogP contribution in [0.4, 0.5) is 17.6 Å². The number of carbonyl (C=O) groups is 1. The van der Waals surface area contributed by atoms with Gasteiger partial charge in [-0.05, 0) is 41.8 Å². The fraction of sp³-hybridized carbons (Fsp3) is 0.235. The van der Waals surface area contributed by atoms with Crippen molar-refractivity contribution in [1.82, 2.24) is 0 Å². The summed E-state index contributed by atoms with van der Waals surface area (Å²) >= 11 is 0. The highest BCUT2D eigenvalue weighted by Crippen LogP contribution is 2.23. The summed E-state index contributed by atoms with van der Waals surface area (Å²) in [4.78, 5) is 11.5. The average Bonchev–Trinajstić information content (AvgIpc) is 2.47. The van der Waals surface area contributed by atoms with Crippen molar-refractivity contribution in [2.75, 3.05) is 0 Å². The van der Waals surface area contributed by atoms with Crippen LogP contribution in [0.3, 0.4) is 0 Å². The molecule has 0 N–H and O–H groups in total. The van der Waals surface area contributed by atoms with Gasteiger partial charge in [0.25, 0.3) is 0 Å². The number of hydrogen-bond donors (Lipinski definition) is 0. The molecule has 0 aliphatic rings. The van der Waals surface area contributed by atoms with Crippen LogP contribution in [0.1, 0.15) is 34.8 Å². The molecule has 0 fully saturated rings. The molecule has 2 nitrogen and oxygen atoms in total. The van der Waals surface area contributed by atoms with Gasteiger partial charge in [0, 0.05) is 6.42 Å². The van der Waals surface area contributed by atoms with Gasteiger partial charge in [0.2, 0.25) is 0 Å². The maximum absolute atomic E-state index is 13.9. The van der Waals surface area contributed by atoms with Gasteiger partial charge in [-0.3, -0.25) is 4.79 Å². The topological polar surface area (TPSA) is 26.3 Å². The van der Waals surface area contributed by atoms with E-state index >= 15 is 0 Å². The average molecular weight is 326 g/mol. The van der Waals surface area contributed by atoms with E-state index in [2.05, 4.69) is 4.74 Å². The molecule has 2 rings (SSSR count). The second kappa shape index (κ2) is 6.81. The fourth-order valence-electron chi connectivity index (χ4n) is 2.13. The molecule has 0 amide bonds. The Morgan fingerprint density at radius 2 is 1.65 bits per heavy atom. The van der Waals surface area contributed by atoms with Crippen LogP contribution < -0.4 is 4.74 Å². The van der Waals surface area contributed by atoms with E-state index in [0.29, 0.717) is 17.5 Å². The number of halogens is 4. The third-order valence-corrected chi connectivity index (χ3v) is 3.22. The largest absolute Gasteiger partial charge is 0.573 e. The predicted molar refractivity (Wildman–Crippen MR) is 77.0 cm³/mol. The number of Topliss-reactive ketones (excluding diaryl/α,β-unsaturated/α-hetero) is 1. The summed E-state index contributed by atoms with van der Waals surface area (Å²) < 4.78 is 53.9. The van der Waals surface area contributed by atoms with Crippen LogP contribution in [0.25, 0.3) is 0 Å². The van der Waals surface area contributed by atoms with Crippen molar-refractivity contribution in [3.05, 3.63) is 65.0 Å². The second-order valence-corrected chi connectivity index (χ2v) is 4.96. The van der Waals surface area contributed by atoms with Crippen molar-refractivity contribution in [1.29, 1.82) is 0 Å². The van der Waals surface area contributed by atoms with E-state index in [1.165, 1.54) is 36.4 Å². The zero-order valence-corrected chi connectivity index (χ0v) is 12.3. The van der Waals surface area contributed by atoms with Crippen LogP contribution in [0.15, 0.2) is 42.5 Å². The van der Waals surface area contributed by atoms with Gasteiger partial charge in [-0.25, -0.2) is 4.39 Å². The fourth-order valence-corrected chi connectivity index (χ4v) is 2.13. The van der Waals surface area contributed by atoms with Crippen LogP contribution in [-0.4, -0.2) is 12.1 Å². The summed E-state index contributed by atoms with van der Waals surface area (Å²) in [6.45, 7) is 1.65. The highest BCUT2D eigenvalue weighted by Gasteiger charge is 2.30. The van der Waals surface area contributed by atoms with Crippen LogP contribution in [0.5, 0.6) is 5.75 Å². The Bertz CT molecular complexity index is 691. The Kier molecular flexibility index (Phi) is 5.03. The van der Waals surface area contributed by atoms with Crippen LogP contribution in [-0.2, 0) is 6.42 Å². The molecule has 122 valence electrons. The summed E-state index contributed by atoms with van der Waals surface area (Å²) in [6.07, 6.45) is -4.17. The highest BCUT2D eigenvalue weighted by molar-refractivity contribution is 5.96. The number of carbonyl (C=O) groups excluding carboxylic acids is 1. The first kappa shape index (κ1) is 17.0. The Labute approximate surface area is 130 Å². The van der Waals surface area contributed by atoms with Gasteiger partial charge in [0.05, 0.1) is 5.56 Å². The third kappa shape index (κ3) is 4.81. The van der Waals surface area contributed by atoms with E-state index in [4.69, 9.17) is 0 Å². The van der Waals surface area contributed by atoms with Gasteiger partial charge in [-0.15, -0.1) is 13.2 Å². The first-order chi connectivity index (χ1) is 10.8. The van der Waals surface area contributed by atoms with E-state index in [9.17, 15) is 22.4 Å². The highest BCUT2D eigenvalue weighted by atomic mass is 19.4. The molecule has 0 bridgehead atoms. The Hall–Kier alpha value is -2.37. The molecule has 0 heterocycles. The van der Waals surface area contributed by atoms with Crippen molar-refractivity contribution < 1.29 is 27.1 Å². The Balaban J connectivity index is 2.10. The standard InChI is InChI=1S/C17H14F4O2/c1-2-16(22)14-8-5-12(10-15(14)18)9-11-3-6-13(7-4-11)23-17(19,20)21/h3-8,10H,2,9H2,1H3. The quantitative estimate of drug-likeness (QED) is 0.576. The first-order valence-corrected chi connectivity index (χ1v) is 6.95. The van der Waals surface area contributed by atoms with Gasteiger partial charge < -0.3 is 4.74 Å². The van der Waals surface area contributed by atoms with Crippen molar-refractivity contribution in [3.63, 3.8) is 0 Å². The van der Waals surface area contributed by atoms with Gasteiger partial charge in [0.15, 0.2) is 5.78 Å². The molecule has 0 radical (unpaired) electrons. The monoisotopic (exact) mass is 326 g/mol. The van der Waals surface area contributed by atoms with Crippen molar-refractivity contribution in [2.24, 2.45) is 0 Å². The molecular formula is C17H14F4O2. The van der Waals surface area contributed by atoms with Gasteiger partial charge in [-0.2, -0.15) is 0 Å². The number of benzene rings is 2. The number of alkyl halides is 3. The minimum Gasteiger partial charge on any atom is -0.406 e. The zero-order chi connectivity index (χ0) is 17.0. The van der Waals surface area contributed by atoms with Crippen LogP contribution >= 0.6 is 0 Å². The molecule has 2 aromatic rings. The lowest BCUT2D eigenvalue weighted by atomic mass is 10.0. The predicted octanol–water partition coefficient (Wildman–Crippen LogP) is 4.91. The summed E-state index contributed by atoms with van der Waals surface area (Å²) in [7, 11) is 0. The number of rotatable bonds is 5. The molecule has 2 aromatic carbocycles. The Morgan fingerprint density at radius 3 is 2.17 bits per heavy atom. The minimum atomic E-state index is -4.73. The lowest BCUT2D eigenvalue weighted by Gasteiger charge is -2.09. The Morgan fingerprint density at radius 1 is 1.04 bits per heavy atom. The van der Waals surface area contributed by atoms with Crippen LogP contribution in [0.2, 0.25) is 0 Å². The molecule has 0 aliphatic carbocycles. The maximum atomic E-state index is 13.9. The lowest BCUT2D eigenvalue weighted by Crippen LogP contribution is -2.17. The molecule has 0 aliphatic heterocycles. The van der Waals surface area contributed by atoms with E-state index in [1.807, 2.05) is 0 Å². The summed E-state index contributed by atoms with van der Waals surface area (Å²) in [5, 5.41) is 0. The molecule has 23 heavy (non-hydrogen) atoms. The molecule has 0 saturated heterocycles. The van der Waals surface area contributed by atoms with Crippen molar-refractivity contribution in [2.45, 2.75) is 26.1 Å². The van der Waals surface area contributed by atoms with Gasteiger partial charge in [-0.1, -0.05) is 25.1 Å². The molecule has 0 aromatic heterocycles. The second-order valence-electron chi connectivity index (χ2n) is 4.96. The van der Waals surface area contributed by atoms with E-state index in [-0.39, 0.29) is 23.5 Å². The molecule has 0 unspecified atom stereocenters. The van der Waals surface area contributed by atoms with Gasteiger partial charge in [0.1, 0.15) is 11.6 Å². The van der Waals surface area contributed by atoms with Crippen molar-refractivity contribution >= 4 is 5.78 Å². The third-order valence-electron chi connectivity index (χ3n) is 3.22. The summed E-state index contributed by atoms with van der Waals surface area (Å²) in [5.74, 6) is -1.18. The zero-order valence-electron chi connectivity index (χ0n) is 12.3. The van der Waals surface area contributed by atoms with E-state index in [1.54, 1.807) is 13.0 Å². The smallest absolute Gasteiger partial charge is 0.406 e. The SMILES string of the molecule is CCC(=O)c1ccc(Cc2ccc(OC(F)(F)F)cc2)cc1F. The molecule has 0 atom stereocenters. The van der Waals surface area contributed by atoms with Crippen LogP contribution in [0, 0.1) is 5.82 Å². The summed E-state index contributed by atoms with van der Waals surface area (Å²) in [5.41, 5.74) is 1.37. The number of ketones is 1. The molecule has 6 heteroatoms. The summed E-state index contributed by atoms with van der Waals surface area (Å²) in [6, 6.07) is 9.68. The normalized spacial score (nSPS) is 11.3. The van der Waals surface area contributed by atoms with Gasteiger partial charge >= 0.3 is 6.36 Å². The molecular weight excluding hydrogens is 312 g/mol. The first-order valence-electron chi connectivity index (χ1n) is 6.95. The molecule has 0 spiro atoms. The number of ether oxygens (including phenoxy) is 1. The minimum absolute atomic E-state index is 0.0465. The van der Waals surface area contributed by atoms with E-state index < -0.39 is 12.2 Å². The lowest BCUT2D eigenvalue weighted by molar-refractivity contribution is -0.274. The maximum Gasteiger partial charge on any atom is 0.573 e. The molecule has 0 saturated carbocycles. The van der Waals surface area contributed by atoms with Crippen molar-refractivity contribution in [3.8, 4) is 5.75 Å². The number of hydrogen-bond acceptors (Lipinski definition) is 2.